The first-order chi connectivity index (χ1) is 14.8. The SMILES string of the molecule is COc1cc(OC)c([C@@H]2NC(=S)NC(C)=C2C(=O)Nc2ccc(C)c(Cl)c2)cc1OC. The maximum absolute atomic E-state index is 13.3. The van der Waals surface area contributed by atoms with Crippen LogP contribution in [0.15, 0.2) is 41.6 Å². The number of benzene rings is 2. The molecule has 1 atom stereocenters. The summed E-state index contributed by atoms with van der Waals surface area (Å²) in [6.45, 7) is 3.69. The number of allylic oxidation sites excluding steroid dienone is 1. The van der Waals surface area contributed by atoms with Gasteiger partial charge < -0.3 is 30.2 Å². The smallest absolute Gasteiger partial charge is 0.255 e. The molecule has 31 heavy (non-hydrogen) atoms. The van der Waals surface area contributed by atoms with Gasteiger partial charge in [-0.05, 0) is 49.8 Å². The molecular formula is C22H24ClN3O4S. The predicted molar refractivity (Wildman–Crippen MR) is 125 cm³/mol. The normalized spacial score (nSPS) is 15.7. The third kappa shape index (κ3) is 4.70. The molecule has 0 radical (unpaired) electrons. The lowest BCUT2D eigenvalue weighted by atomic mass is 9.93. The van der Waals surface area contributed by atoms with Crippen LogP contribution in [0.2, 0.25) is 5.02 Å². The van der Waals surface area contributed by atoms with E-state index in [4.69, 9.17) is 38.0 Å². The number of thiocarbonyl (C=S) groups is 1. The molecule has 0 aliphatic carbocycles. The van der Waals surface area contributed by atoms with Crippen LogP contribution in [-0.4, -0.2) is 32.3 Å². The first kappa shape index (κ1) is 22.7. The van der Waals surface area contributed by atoms with Gasteiger partial charge in [-0.15, -0.1) is 0 Å². The quantitative estimate of drug-likeness (QED) is 0.558. The second kappa shape index (κ2) is 9.45. The molecule has 3 rings (SSSR count). The summed E-state index contributed by atoms with van der Waals surface area (Å²) in [6.07, 6.45) is 0. The van der Waals surface area contributed by atoms with Gasteiger partial charge in [-0.1, -0.05) is 17.7 Å². The fourth-order valence-corrected chi connectivity index (χ4v) is 3.83. The molecule has 0 fully saturated rings. The summed E-state index contributed by atoms with van der Waals surface area (Å²) < 4.78 is 16.4. The van der Waals surface area contributed by atoms with Crippen LogP contribution in [0, 0.1) is 6.92 Å². The van der Waals surface area contributed by atoms with E-state index in [1.165, 1.54) is 0 Å². The number of anilines is 1. The second-order valence-electron chi connectivity index (χ2n) is 6.94. The number of ether oxygens (including phenoxy) is 3. The average Bonchev–Trinajstić information content (AvgIpc) is 2.74. The molecule has 9 heteroatoms. The molecule has 1 heterocycles. The lowest BCUT2D eigenvalue weighted by Crippen LogP contribution is -2.45. The highest BCUT2D eigenvalue weighted by atomic mass is 35.5. The van der Waals surface area contributed by atoms with Gasteiger partial charge in [0.15, 0.2) is 16.6 Å². The third-order valence-corrected chi connectivity index (χ3v) is 5.62. The lowest BCUT2D eigenvalue weighted by Gasteiger charge is -2.31. The van der Waals surface area contributed by atoms with Crippen molar-refractivity contribution in [2.75, 3.05) is 26.6 Å². The van der Waals surface area contributed by atoms with Crippen molar-refractivity contribution in [3.05, 3.63) is 57.8 Å². The minimum absolute atomic E-state index is 0.304. The Kier molecular flexibility index (Phi) is 6.92. The largest absolute Gasteiger partial charge is 0.496 e. The van der Waals surface area contributed by atoms with Crippen molar-refractivity contribution in [2.24, 2.45) is 0 Å². The summed E-state index contributed by atoms with van der Waals surface area (Å²) in [5.41, 5.74) is 3.27. The Labute approximate surface area is 191 Å². The lowest BCUT2D eigenvalue weighted by molar-refractivity contribution is -0.113. The first-order valence-electron chi connectivity index (χ1n) is 9.44. The number of nitrogens with one attached hydrogen (secondary N) is 3. The molecule has 1 aliphatic heterocycles. The van der Waals surface area contributed by atoms with Crippen LogP contribution < -0.4 is 30.2 Å². The zero-order valence-electron chi connectivity index (χ0n) is 17.9. The van der Waals surface area contributed by atoms with Gasteiger partial charge >= 0.3 is 0 Å². The summed E-state index contributed by atoms with van der Waals surface area (Å²) in [5.74, 6) is 1.24. The van der Waals surface area contributed by atoms with Gasteiger partial charge in [0.2, 0.25) is 0 Å². The highest BCUT2D eigenvalue weighted by Crippen LogP contribution is 2.40. The van der Waals surface area contributed by atoms with Crippen molar-refractivity contribution in [1.82, 2.24) is 10.6 Å². The van der Waals surface area contributed by atoms with E-state index in [0.29, 0.717) is 49.9 Å². The van der Waals surface area contributed by atoms with Gasteiger partial charge in [0.25, 0.3) is 5.91 Å². The standard InChI is InChI=1S/C22H24ClN3O4S/c1-11-6-7-13(8-15(11)23)25-21(27)19-12(2)24-22(31)26-20(19)14-9-17(29-4)18(30-5)10-16(14)28-3/h6-10,20H,1-5H3,(H,25,27)(H2,24,26,31)/t20-/m0/s1. The zero-order chi connectivity index (χ0) is 22.7. The second-order valence-corrected chi connectivity index (χ2v) is 7.75. The summed E-state index contributed by atoms with van der Waals surface area (Å²) in [4.78, 5) is 13.3. The first-order valence-corrected chi connectivity index (χ1v) is 10.2. The van der Waals surface area contributed by atoms with E-state index in [-0.39, 0.29) is 5.91 Å². The number of amides is 1. The number of hydrogen-bond donors (Lipinski definition) is 3. The molecule has 3 N–H and O–H groups in total. The Morgan fingerprint density at radius 1 is 1.03 bits per heavy atom. The van der Waals surface area contributed by atoms with Gasteiger partial charge in [0, 0.05) is 28.0 Å². The molecule has 1 amide bonds. The van der Waals surface area contributed by atoms with Gasteiger partial charge in [0.05, 0.1) is 32.9 Å². The van der Waals surface area contributed by atoms with Crippen LogP contribution in [0.3, 0.4) is 0 Å². The van der Waals surface area contributed by atoms with Crippen molar-refractivity contribution in [2.45, 2.75) is 19.9 Å². The molecule has 0 unspecified atom stereocenters. The van der Waals surface area contributed by atoms with E-state index in [9.17, 15) is 4.79 Å². The molecule has 0 aromatic heterocycles. The van der Waals surface area contributed by atoms with Crippen molar-refractivity contribution in [3.8, 4) is 17.2 Å². The summed E-state index contributed by atoms with van der Waals surface area (Å²) in [6, 6.07) is 8.27. The van der Waals surface area contributed by atoms with Crippen molar-refractivity contribution < 1.29 is 19.0 Å². The maximum Gasteiger partial charge on any atom is 0.255 e. The summed E-state index contributed by atoms with van der Waals surface area (Å²) in [5, 5.41) is 10.1. The van der Waals surface area contributed by atoms with Gasteiger partial charge in [-0.2, -0.15) is 0 Å². The zero-order valence-corrected chi connectivity index (χ0v) is 19.5. The molecule has 0 saturated heterocycles. The molecule has 0 saturated carbocycles. The Bertz CT molecular complexity index is 1070. The Morgan fingerprint density at radius 3 is 2.29 bits per heavy atom. The van der Waals surface area contributed by atoms with E-state index in [0.717, 1.165) is 5.56 Å². The maximum atomic E-state index is 13.3. The number of carbonyl (C=O) groups is 1. The molecule has 0 spiro atoms. The molecule has 7 nitrogen and oxygen atoms in total. The monoisotopic (exact) mass is 461 g/mol. The van der Waals surface area contributed by atoms with Crippen molar-refractivity contribution >= 4 is 40.5 Å². The van der Waals surface area contributed by atoms with Gasteiger partial charge in [-0.25, -0.2) is 0 Å². The van der Waals surface area contributed by atoms with E-state index >= 15 is 0 Å². The van der Waals surface area contributed by atoms with Crippen LogP contribution in [0.5, 0.6) is 17.2 Å². The van der Waals surface area contributed by atoms with Crippen LogP contribution in [0.25, 0.3) is 0 Å². The molecule has 2 aromatic rings. The van der Waals surface area contributed by atoms with E-state index < -0.39 is 6.04 Å². The molecule has 0 bridgehead atoms. The number of carbonyl (C=O) groups excluding carboxylic acids is 1. The predicted octanol–water partition coefficient (Wildman–Crippen LogP) is 4.11. The summed E-state index contributed by atoms with van der Waals surface area (Å²) >= 11 is 11.6. The topological polar surface area (TPSA) is 80.9 Å². The van der Waals surface area contributed by atoms with E-state index in [1.807, 2.05) is 13.0 Å². The molecule has 1 aliphatic rings. The highest BCUT2D eigenvalue weighted by Gasteiger charge is 2.33. The van der Waals surface area contributed by atoms with E-state index in [2.05, 4.69) is 16.0 Å². The Hall–Kier alpha value is -2.97. The van der Waals surface area contributed by atoms with Crippen LogP contribution in [0.4, 0.5) is 5.69 Å². The highest BCUT2D eigenvalue weighted by molar-refractivity contribution is 7.80. The van der Waals surface area contributed by atoms with Crippen molar-refractivity contribution in [3.63, 3.8) is 0 Å². The average molecular weight is 462 g/mol. The van der Waals surface area contributed by atoms with Crippen molar-refractivity contribution in [1.29, 1.82) is 0 Å². The van der Waals surface area contributed by atoms with Gasteiger partial charge in [0.1, 0.15) is 5.75 Å². The van der Waals surface area contributed by atoms with Crippen LogP contribution >= 0.6 is 23.8 Å². The fraction of sp³-hybridized carbons (Fsp3) is 0.273. The minimum Gasteiger partial charge on any atom is -0.496 e. The molecule has 164 valence electrons. The number of methoxy groups -OCH3 is 3. The summed E-state index contributed by atoms with van der Waals surface area (Å²) in [7, 11) is 4.64. The van der Waals surface area contributed by atoms with Crippen LogP contribution in [0.1, 0.15) is 24.1 Å². The molecular weight excluding hydrogens is 438 g/mol. The number of halogens is 1. The number of rotatable bonds is 6. The van der Waals surface area contributed by atoms with Gasteiger partial charge in [-0.3, -0.25) is 4.79 Å². The third-order valence-electron chi connectivity index (χ3n) is 4.99. The van der Waals surface area contributed by atoms with E-state index in [1.54, 1.807) is 52.5 Å². The minimum atomic E-state index is -0.579. The Morgan fingerprint density at radius 2 is 1.68 bits per heavy atom. The Balaban J connectivity index is 2.06. The fourth-order valence-electron chi connectivity index (χ4n) is 3.38. The number of aryl methyl sites for hydroxylation is 1. The van der Waals surface area contributed by atoms with Crippen LogP contribution in [-0.2, 0) is 4.79 Å². The number of hydrogen-bond acceptors (Lipinski definition) is 5. The molecule has 2 aromatic carbocycles.